The van der Waals surface area contributed by atoms with Gasteiger partial charge in [-0.3, -0.25) is 33.7 Å². The summed E-state index contributed by atoms with van der Waals surface area (Å²) in [6.45, 7) is 9.25. The number of nitrogens with zero attached hydrogens (tertiary/aromatic N) is 5. The number of methoxy groups -OCH3 is 2. The number of aromatic nitrogens is 1. The van der Waals surface area contributed by atoms with E-state index in [0.717, 1.165) is 120 Å². The average molecular weight is 1470 g/mol. The fraction of sp³-hybridized carbons (Fsp3) is 0.308. The summed E-state index contributed by atoms with van der Waals surface area (Å²) in [7, 11) is 2.59. The summed E-state index contributed by atoms with van der Waals surface area (Å²) in [5, 5.41) is 20.7. The highest BCUT2D eigenvalue weighted by atomic mass is 32.1. The number of alkyl carbamates (subject to hydrolysis) is 2. The maximum Gasteiger partial charge on any atom is 0.407 e. The molecule has 1 unspecified atom stereocenters. The van der Waals surface area contributed by atoms with Crippen LogP contribution in [-0.2, 0) is 25.5 Å². The predicted octanol–water partition coefficient (Wildman–Crippen LogP) is 14.5. The van der Waals surface area contributed by atoms with E-state index in [0.29, 0.717) is 72.3 Å². The number of carbonyl (C=O) groups is 5. The zero-order valence-electron chi connectivity index (χ0n) is 57.4. The molecule has 24 heteroatoms. The lowest BCUT2D eigenvalue weighted by Gasteiger charge is -2.31. The standard InChI is InChI=1S/C78H76N8O11S.4H2S/c1-43(2)71(82-77(92)94-5)74(90)84-32-10-15-62(84)59-35-50(41-80-59)47-22-28-61-49(34-47)37-64-56-25-21-48(51-36-60(81-42-51)63-16-11-33-85(63)75(91)72(44(3)4)83-78(93)95-6)38-65(56)97-76(86(61)64)69-30-29-68(98-69)46-19-17-45(18-20-46)12-9-31-79-73(89)55-14-8-7-13-54(55)70-57-26-23-52(87)39-66(57)96-67-40-53(88)24-27-58(67)70;;;;/h7-8,13-14,17-30,34,37-44,62-63,71-72,76,87H,9-12,15-16,31-33,35-36H2,1-6H3,(H,79,89)(H,82,92)(H,83,93);4*1H2/t62-,63-,71-,72-,76?;;;;/m0..../s1. The second-order valence-corrected chi connectivity index (χ2v) is 27.6. The van der Waals surface area contributed by atoms with E-state index >= 15 is 0 Å². The van der Waals surface area contributed by atoms with Crippen LogP contribution in [0.2, 0.25) is 0 Å². The number of aliphatic imine (C=N–C) groups is 2. The summed E-state index contributed by atoms with van der Waals surface area (Å²) in [6, 6.07) is 43.0. The van der Waals surface area contributed by atoms with Gasteiger partial charge in [0.1, 0.15) is 34.9 Å². The number of aromatic hydroxyl groups is 1. The molecule has 7 aromatic rings. The van der Waals surface area contributed by atoms with Crippen molar-refractivity contribution in [2.45, 2.75) is 109 Å². The molecule has 1 aliphatic carbocycles. The monoisotopic (exact) mass is 1470 g/mol. The SMILES string of the molecule is COC(=O)N[C@H](C(=O)N1CCC[C@H]1C1=NC=C(c2ccc3c(c2)OC(c2ccc(-c4ccc(CCCNC(=O)c5ccccc5-c5c6ccc(=O)cc-6oc6cc(O)ccc56)cc4)s2)n2c-3cc3cc(C4=CN=C([C@@H]5CCCN5C(=O)[C@@H](NC(=O)OC)C(C)C)C4)ccc32)C1)C(C)C.S.S.S.S. The lowest BCUT2D eigenvalue weighted by Crippen LogP contribution is -2.53. The van der Waals surface area contributed by atoms with Crippen molar-refractivity contribution in [1.82, 2.24) is 30.3 Å². The van der Waals surface area contributed by atoms with Crippen LogP contribution in [0, 0.1) is 11.8 Å². The third-order valence-electron chi connectivity index (χ3n) is 19.6. The number of allylic oxidation sites excluding steroid dienone is 2. The highest BCUT2D eigenvalue weighted by Crippen LogP contribution is 2.49. The number of thiophene rings is 1. The van der Waals surface area contributed by atoms with Crippen molar-refractivity contribution in [3.8, 4) is 55.6 Å². The fourth-order valence-electron chi connectivity index (χ4n) is 14.6. The average Bonchev–Trinajstić information content (AvgIpc) is 1.27. The number of fused-ring (bicyclic) bond motifs is 7. The number of likely N-dealkylation sites (tertiary alicyclic amines) is 2. The Morgan fingerprint density at radius 2 is 1.26 bits per heavy atom. The maximum atomic E-state index is 14.1. The molecule has 532 valence electrons. The Morgan fingerprint density at radius 3 is 1.90 bits per heavy atom. The van der Waals surface area contributed by atoms with Crippen molar-refractivity contribution < 1.29 is 47.7 Å². The molecule has 7 aliphatic rings. The number of amides is 5. The molecule has 0 radical (unpaired) electrons. The van der Waals surface area contributed by atoms with Gasteiger partial charge in [0.15, 0.2) is 5.43 Å². The van der Waals surface area contributed by atoms with Crippen LogP contribution >= 0.6 is 65.3 Å². The highest BCUT2D eigenvalue weighted by Gasteiger charge is 2.41. The van der Waals surface area contributed by atoms with Crippen molar-refractivity contribution in [3.63, 3.8) is 0 Å². The molecular weight excluding hydrogens is 1390 g/mol. The molecule has 2 fully saturated rings. The van der Waals surface area contributed by atoms with E-state index in [4.69, 9.17) is 28.6 Å². The lowest BCUT2D eigenvalue weighted by atomic mass is 9.90. The number of phenols is 1. The summed E-state index contributed by atoms with van der Waals surface area (Å²) in [6.07, 6.45) is 7.82. The summed E-state index contributed by atoms with van der Waals surface area (Å²) < 4.78 is 25.4. The van der Waals surface area contributed by atoms with E-state index in [9.17, 15) is 33.9 Å². The van der Waals surface area contributed by atoms with Crippen LogP contribution in [0.25, 0.3) is 77.2 Å². The van der Waals surface area contributed by atoms with Crippen LogP contribution in [-0.4, -0.2) is 119 Å². The lowest BCUT2D eigenvalue weighted by molar-refractivity contribution is -0.134. The van der Waals surface area contributed by atoms with Crippen molar-refractivity contribution in [3.05, 3.63) is 189 Å². The molecule has 0 spiro atoms. The van der Waals surface area contributed by atoms with Crippen LogP contribution in [0.4, 0.5) is 9.59 Å². The van der Waals surface area contributed by atoms with E-state index in [1.54, 1.807) is 35.6 Å². The van der Waals surface area contributed by atoms with Crippen molar-refractivity contribution in [2.75, 3.05) is 33.9 Å². The van der Waals surface area contributed by atoms with E-state index in [1.165, 1.54) is 32.4 Å². The summed E-state index contributed by atoms with van der Waals surface area (Å²) in [5.74, 6) is 0.315. The molecule has 5 amide bonds. The molecular formula is C78H84N8O11S5. The van der Waals surface area contributed by atoms with Gasteiger partial charge in [-0.15, -0.1) is 11.3 Å². The van der Waals surface area contributed by atoms with E-state index < -0.39 is 30.5 Å². The van der Waals surface area contributed by atoms with Gasteiger partial charge in [0.05, 0.1) is 42.4 Å². The Hall–Kier alpha value is -9.20. The first kappa shape index (κ1) is 75.5. The fourth-order valence-corrected chi connectivity index (χ4v) is 15.6. The Balaban J connectivity index is 0.00000280. The Morgan fingerprint density at radius 1 is 0.657 bits per heavy atom. The van der Waals surface area contributed by atoms with Crippen molar-refractivity contribution in [1.29, 1.82) is 0 Å². The Kier molecular flexibility index (Phi) is 23.7. The highest BCUT2D eigenvalue weighted by molar-refractivity contribution is 7.59. The second kappa shape index (κ2) is 32.0. The zero-order chi connectivity index (χ0) is 68.0. The van der Waals surface area contributed by atoms with Crippen LogP contribution in [0.1, 0.15) is 111 Å². The molecule has 102 heavy (non-hydrogen) atoms. The number of nitrogens with one attached hydrogen (secondary N) is 3. The number of ether oxygens (including phenoxy) is 3. The molecule has 0 saturated carbocycles. The van der Waals surface area contributed by atoms with Gasteiger partial charge in [0.2, 0.25) is 18.0 Å². The molecule has 5 atom stereocenters. The second-order valence-electron chi connectivity index (χ2n) is 26.5. The first-order valence-electron chi connectivity index (χ1n) is 33.5. The largest absolute Gasteiger partial charge is 0.508 e. The smallest absolute Gasteiger partial charge is 0.407 e. The quantitative estimate of drug-likeness (QED) is 0.0466. The van der Waals surface area contributed by atoms with Gasteiger partial charge in [0, 0.05) is 106 Å². The number of hydrogen-bond donors (Lipinski definition) is 4. The Labute approximate surface area is 623 Å². The first-order chi connectivity index (χ1) is 47.5. The molecule has 2 saturated heterocycles. The van der Waals surface area contributed by atoms with Gasteiger partial charge >= 0.3 is 12.2 Å². The van der Waals surface area contributed by atoms with Gasteiger partial charge in [-0.1, -0.05) is 82.3 Å². The van der Waals surface area contributed by atoms with Gasteiger partial charge in [0.25, 0.3) is 5.91 Å². The van der Waals surface area contributed by atoms with Crippen LogP contribution in [0.5, 0.6) is 11.5 Å². The van der Waals surface area contributed by atoms with Crippen LogP contribution < -0.4 is 26.1 Å². The minimum Gasteiger partial charge on any atom is -0.508 e. The Bertz CT molecular complexity index is 4840. The minimum atomic E-state index is -0.732. The molecule has 19 nitrogen and oxygen atoms in total. The third kappa shape index (κ3) is 14.9. The zero-order valence-corrected chi connectivity index (χ0v) is 62.2. The molecule has 0 bridgehead atoms. The number of rotatable bonds is 18. The molecule has 14 rings (SSSR count). The van der Waals surface area contributed by atoms with Gasteiger partial charge in [-0.05, 0) is 162 Å². The number of aryl methyl sites for hydroxylation is 1. The summed E-state index contributed by atoms with van der Waals surface area (Å²) >= 11 is 1.68. The predicted molar refractivity (Wildman–Crippen MR) is 422 cm³/mol. The molecule has 4 N–H and O–H groups in total. The van der Waals surface area contributed by atoms with Crippen LogP contribution in [0.15, 0.2) is 171 Å². The van der Waals surface area contributed by atoms with E-state index in [1.807, 2.05) is 68.1 Å². The summed E-state index contributed by atoms with van der Waals surface area (Å²) in [5.41, 5.74) is 13.8. The minimum absolute atomic E-state index is 0. The molecule has 5 aromatic carbocycles. The van der Waals surface area contributed by atoms with Crippen LogP contribution in [0.3, 0.4) is 0 Å². The maximum absolute atomic E-state index is 14.1. The topological polar surface area (TPSA) is 236 Å². The number of phenolic OH excluding ortho intramolecular Hbond substituents is 1. The molecule has 2 aromatic heterocycles. The van der Waals surface area contributed by atoms with Gasteiger partial charge in [-0.25, -0.2) is 9.59 Å². The van der Waals surface area contributed by atoms with E-state index in [-0.39, 0.29) is 107 Å². The third-order valence-corrected chi connectivity index (χ3v) is 20.8. The van der Waals surface area contributed by atoms with Gasteiger partial charge < -0.3 is 49.5 Å². The summed E-state index contributed by atoms with van der Waals surface area (Å²) in [4.78, 5) is 94.9. The van der Waals surface area contributed by atoms with E-state index in [2.05, 4.69) is 99.4 Å². The van der Waals surface area contributed by atoms with Crippen molar-refractivity contribution in [2.24, 2.45) is 21.8 Å². The first-order valence-corrected chi connectivity index (χ1v) is 34.4. The molecule has 6 aliphatic heterocycles. The van der Waals surface area contributed by atoms with Gasteiger partial charge in [-0.2, -0.15) is 54.0 Å². The van der Waals surface area contributed by atoms with Crippen molar-refractivity contribution >= 4 is 140 Å². The number of benzene rings is 6. The molecule has 8 heterocycles. The number of hydrogen-bond acceptors (Lipinski definition) is 14. The number of carbonyl (C=O) groups excluding carboxylic acids is 5. The normalized spacial score (nSPS) is 17.2.